The van der Waals surface area contributed by atoms with Crippen molar-refractivity contribution in [3.05, 3.63) is 28.5 Å². The van der Waals surface area contributed by atoms with E-state index in [0.717, 1.165) is 0 Å². The lowest BCUT2D eigenvalue weighted by Gasteiger charge is -2.13. The van der Waals surface area contributed by atoms with Gasteiger partial charge in [0.15, 0.2) is 0 Å². The van der Waals surface area contributed by atoms with Gasteiger partial charge >= 0.3 is 5.97 Å². The lowest BCUT2D eigenvalue weighted by molar-refractivity contribution is -0.139. The van der Waals surface area contributed by atoms with Crippen molar-refractivity contribution >= 4 is 27.8 Å². The first-order valence-electron chi connectivity index (χ1n) is 5.17. The number of ether oxygens (including phenoxy) is 1. The van der Waals surface area contributed by atoms with E-state index in [9.17, 15) is 9.59 Å². The second-order valence-corrected chi connectivity index (χ2v) is 4.35. The number of carboxylic acid groups (broad SMARTS) is 1. The highest BCUT2D eigenvalue weighted by molar-refractivity contribution is 9.10. The summed E-state index contributed by atoms with van der Waals surface area (Å²) >= 11 is 3.17. The number of carbonyl (C=O) groups is 2. The summed E-state index contributed by atoms with van der Waals surface area (Å²) in [4.78, 5) is 26.1. The molecule has 1 amide bonds. The summed E-state index contributed by atoms with van der Waals surface area (Å²) in [6.45, 7) is 0.137. The molecule has 6 nitrogen and oxygen atoms in total. The number of carbonyl (C=O) groups excluding carboxylic acids is 1. The number of methoxy groups -OCH3 is 1. The molecule has 0 radical (unpaired) electrons. The molecule has 0 saturated carbocycles. The maximum atomic E-state index is 11.7. The molecule has 2 N–H and O–H groups in total. The molecule has 0 aliphatic carbocycles. The van der Waals surface area contributed by atoms with Crippen LogP contribution in [0.2, 0.25) is 0 Å². The van der Waals surface area contributed by atoms with E-state index < -0.39 is 12.1 Å². The number of carboxylic acids is 1. The zero-order valence-corrected chi connectivity index (χ0v) is 11.3. The summed E-state index contributed by atoms with van der Waals surface area (Å²) in [6.07, 6.45) is 0.725. The van der Waals surface area contributed by atoms with Crippen molar-refractivity contribution in [2.75, 3.05) is 13.7 Å². The minimum absolute atomic E-state index is 0.137. The van der Waals surface area contributed by atoms with Crippen LogP contribution in [-0.4, -0.2) is 41.7 Å². The molecular weight excluding hydrogens is 304 g/mol. The average Bonchev–Trinajstić information content (AvgIpc) is 2.34. The fourth-order valence-electron chi connectivity index (χ4n) is 1.25. The molecule has 0 aliphatic rings. The first-order valence-corrected chi connectivity index (χ1v) is 5.96. The Morgan fingerprint density at radius 2 is 2.28 bits per heavy atom. The number of nitrogens with zero attached hydrogens (tertiary/aromatic N) is 1. The van der Waals surface area contributed by atoms with Crippen molar-refractivity contribution in [3.8, 4) is 0 Å². The summed E-state index contributed by atoms with van der Waals surface area (Å²) < 4.78 is 5.59. The van der Waals surface area contributed by atoms with Crippen molar-refractivity contribution in [3.63, 3.8) is 0 Å². The first kappa shape index (κ1) is 14.6. The Morgan fingerprint density at radius 1 is 1.56 bits per heavy atom. The molecule has 0 spiro atoms. The molecule has 0 aliphatic heterocycles. The Balaban J connectivity index is 2.49. The van der Waals surface area contributed by atoms with Crippen LogP contribution in [0.3, 0.4) is 0 Å². The molecule has 0 aromatic carbocycles. The average molecular weight is 317 g/mol. The summed E-state index contributed by atoms with van der Waals surface area (Å²) in [5.41, 5.74) is 0.406. The highest BCUT2D eigenvalue weighted by Crippen LogP contribution is 2.06. The van der Waals surface area contributed by atoms with E-state index in [0.29, 0.717) is 10.2 Å². The second-order valence-electron chi connectivity index (χ2n) is 3.54. The van der Waals surface area contributed by atoms with Gasteiger partial charge in [-0.15, -0.1) is 0 Å². The molecule has 18 heavy (non-hydrogen) atoms. The largest absolute Gasteiger partial charge is 0.481 e. The lowest BCUT2D eigenvalue weighted by atomic mass is 10.2. The third-order valence-corrected chi connectivity index (χ3v) is 2.68. The highest BCUT2D eigenvalue weighted by atomic mass is 79.9. The smallest absolute Gasteiger partial charge is 0.306 e. The number of nitrogens with one attached hydrogen (secondary N) is 1. The summed E-state index contributed by atoms with van der Waals surface area (Å²) in [5.74, 6) is -1.29. The molecule has 98 valence electrons. The Labute approximate surface area is 112 Å². The monoisotopic (exact) mass is 316 g/mol. The van der Waals surface area contributed by atoms with Gasteiger partial charge in [-0.3, -0.25) is 9.59 Å². The quantitative estimate of drug-likeness (QED) is 0.766. The molecular formula is C11H13BrN2O4. The van der Waals surface area contributed by atoms with Gasteiger partial charge in [-0.2, -0.15) is 0 Å². The molecule has 1 aromatic heterocycles. The van der Waals surface area contributed by atoms with Gasteiger partial charge < -0.3 is 15.2 Å². The first-order chi connectivity index (χ1) is 8.52. The minimum Gasteiger partial charge on any atom is -0.481 e. The fraction of sp³-hybridized carbons (Fsp3) is 0.364. The Kier molecular flexibility index (Phi) is 5.73. The predicted molar refractivity (Wildman–Crippen MR) is 67.3 cm³/mol. The van der Waals surface area contributed by atoms with E-state index in [4.69, 9.17) is 9.84 Å². The molecule has 1 heterocycles. The summed E-state index contributed by atoms with van der Waals surface area (Å²) in [5, 5.41) is 11.2. The van der Waals surface area contributed by atoms with E-state index in [1.165, 1.54) is 13.3 Å². The lowest BCUT2D eigenvalue weighted by Crippen LogP contribution is -2.34. The minimum atomic E-state index is -0.971. The van der Waals surface area contributed by atoms with Crippen molar-refractivity contribution in [1.29, 1.82) is 0 Å². The molecule has 0 saturated heterocycles. The van der Waals surface area contributed by atoms with E-state index in [1.54, 1.807) is 12.1 Å². The number of amides is 1. The zero-order chi connectivity index (χ0) is 13.5. The Bertz CT molecular complexity index is 422. The second kappa shape index (κ2) is 7.07. The number of hydrogen-bond donors (Lipinski definition) is 2. The zero-order valence-electron chi connectivity index (χ0n) is 9.72. The van der Waals surface area contributed by atoms with Crippen LogP contribution in [0.25, 0.3) is 0 Å². The fourth-order valence-corrected chi connectivity index (χ4v) is 1.49. The van der Waals surface area contributed by atoms with E-state index >= 15 is 0 Å². The van der Waals surface area contributed by atoms with Crippen LogP contribution in [-0.2, 0) is 9.53 Å². The van der Waals surface area contributed by atoms with Crippen molar-refractivity contribution in [2.45, 2.75) is 12.5 Å². The van der Waals surface area contributed by atoms with Crippen LogP contribution in [0.4, 0.5) is 0 Å². The molecule has 1 unspecified atom stereocenters. The molecule has 1 atom stereocenters. The molecule has 1 rings (SSSR count). The Morgan fingerprint density at radius 3 is 2.78 bits per heavy atom. The molecule has 0 bridgehead atoms. The number of rotatable bonds is 6. The van der Waals surface area contributed by atoms with Gasteiger partial charge in [0.05, 0.1) is 18.1 Å². The summed E-state index contributed by atoms with van der Waals surface area (Å²) in [6, 6.07) is 3.27. The van der Waals surface area contributed by atoms with Gasteiger partial charge in [-0.1, -0.05) is 0 Å². The van der Waals surface area contributed by atoms with Crippen LogP contribution >= 0.6 is 15.9 Å². The highest BCUT2D eigenvalue weighted by Gasteiger charge is 2.14. The maximum absolute atomic E-state index is 11.7. The maximum Gasteiger partial charge on any atom is 0.306 e. The van der Waals surface area contributed by atoms with Gasteiger partial charge in [0.1, 0.15) is 4.60 Å². The van der Waals surface area contributed by atoms with Crippen LogP contribution in [0.1, 0.15) is 16.8 Å². The molecule has 7 heteroatoms. The number of hydrogen-bond acceptors (Lipinski definition) is 4. The number of aliphatic carboxylic acids is 1. The van der Waals surface area contributed by atoms with Gasteiger partial charge in [-0.25, -0.2) is 4.98 Å². The van der Waals surface area contributed by atoms with E-state index in [1.807, 2.05) is 0 Å². The van der Waals surface area contributed by atoms with Crippen LogP contribution in [0, 0.1) is 0 Å². The third-order valence-electron chi connectivity index (χ3n) is 2.22. The number of aromatic nitrogens is 1. The Hall–Kier alpha value is -1.47. The van der Waals surface area contributed by atoms with E-state index in [-0.39, 0.29) is 18.9 Å². The van der Waals surface area contributed by atoms with Crippen LogP contribution in [0.5, 0.6) is 0 Å². The van der Waals surface area contributed by atoms with Gasteiger partial charge in [-0.05, 0) is 28.1 Å². The topological polar surface area (TPSA) is 88.5 Å². The molecule has 0 fully saturated rings. The van der Waals surface area contributed by atoms with Crippen molar-refractivity contribution in [1.82, 2.24) is 10.3 Å². The van der Waals surface area contributed by atoms with Crippen molar-refractivity contribution < 1.29 is 19.4 Å². The third kappa shape index (κ3) is 4.80. The number of pyridine rings is 1. The van der Waals surface area contributed by atoms with Crippen LogP contribution < -0.4 is 5.32 Å². The SMILES string of the molecule is COC(CNC(=O)c1ccc(Br)nc1)CC(=O)O. The molecule has 1 aromatic rings. The standard InChI is InChI=1S/C11H13BrN2O4/c1-18-8(4-10(15)16)6-14-11(17)7-2-3-9(12)13-5-7/h2-3,5,8H,4,6H2,1H3,(H,14,17)(H,15,16). The van der Waals surface area contributed by atoms with Gasteiger partial charge in [0.2, 0.25) is 0 Å². The van der Waals surface area contributed by atoms with Crippen molar-refractivity contribution in [2.24, 2.45) is 0 Å². The van der Waals surface area contributed by atoms with Gasteiger partial charge in [0.25, 0.3) is 5.91 Å². The predicted octanol–water partition coefficient (Wildman–Crippen LogP) is 1.06. The van der Waals surface area contributed by atoms with Gasteiger partial charge in [0, 0.05) is 19.9 Å². The normalized spacial score (nSPS) is 11.9. The number of halogens is 1. The summed E-state index contributed by atoms with van der Waals surface area (Å²) in [7, 11) is 1.40. The van der Waals surface area contributed by atoms with E-state index in [2.05, 4.69) is 26.2 Å². The van der Waals surface area contributed by atoms with Crippen LogP contribution in [0.15, 0.2) is 22.9 Å².